The molecule has 1 fully saturated rings. The lowest BCUT2D eigenvalue weighted by Crippen LogP contribution is -2.44. The maximum Gasteiger partial charge on any atom is 0.307 e. The molecule has 0 N–H and O–H groups in total. The first-order chi connectivity index (χ1) is 11.5. The van der Waals surface area contributed by atoms with E-state index in [1.165, 1.54) is 11.3 Å². The first kappa shape index (κ1) is 17.0. The molecule has 0 spiro atoms. The quantitative estimate of drug-likeness (QED) is 0.846. The van der Waals surface area contributed by atoms with Crippen molar-refractivity contribution in [2.45, 2.75) is 32.9 Å². The Bertz CT molecular complexity index is 789. The fourth-order valence-electron chi connectivity index (χ4n) is 3.16. The van der Waals surface area contributed by atoms with E-state index in [2.05, 4.69) is 0 Å². The van der Waals surface area contributed by atoms with Gasteiger partial charge >= 0.3 is 4.87 Å². The fraction of sp³-hybridized carbons (Fsp3) is 0.529. The van der Waals surface area contributed by atoms with Crippen LogP contribution in [0.1, 0.15) is 28.7 Å². The number of carbonyl (C=O) groups is 1. The van der Waals surface area contributed by atoms with E-state index in [1.807, 2.05) is 48.7 Å². The Morgan fingerprint density at radius 2 is 2.21 bits per heavy atom. The monoisotopic (exact) mass is 349 g/mol. The Kier molecular flexibility index (Phi) is 4.91. The van der Waals surface area contributed by atoms with E-state index >= 15 is 0 Å². The lowest BCUT2D eigenvalue weighted by molar-refractivity contribution is -0.140. The molecule has 1 amide bonds. The highest BCUT2D eigenvalue weighted by Crippen LogP contribution is 2.25. The van der Waals surface area contributed by atoms with Crippen LogP contribution in [0.5, 0.6) is 0 Å². The minimum Gasteiger partial charge on any atom is -0.377 e. The predicted octanol–water partition coefficient (Wildman–Crippen LogP) is 1.86. The van der Waals surface area contributed by atoms with Crippen LogP contribution >= 0.6 is 11.3 Å². The topological polar surface area (TPSA) is 56.5 Å². The maximum atomic E-state index is 12.8. The molecule has 2 aromatic rings. The average molecular weight is 349 g/mol. The number of morpholine rings is 1. The molecule has 1 saturated heterocycles. The predicted molar refractivity (Wildman–Crippen MR) is 93.4 cm³/mol. The second-order valence-corrected chi connectivity index (χ2v) is 7.30. The van der Waals surface area contributed by atoms with Crippen molar-refractivity contribution in [2.24, 2.45) is 7.05 Å². The van der Waals surface area contributed by atoms with Gasteiger partial charge in [0.1, 0.15) is 0 Å². The molecular weight excluding hydrogens is 326 g/mol. The highest BCUT2D eigenvalue weighted by molar-refractivity contribution is 7.09. The largest absolute Gasteiger partial charge is 0.377 e. The second kappa shape index (κ2) is 6.94. The van der Waals surface area contributed by atoms with E-state index in [0.29, 0.717) is 32.7 Å². The third-order valence-corrected chi connectivity index (χ3v) is 5.70. The number of amides is 1. The molecule has 0 bridgehead atoms. The van der Waals surface area contributed by atoms with E-state index < -0.39 is 0 Å². The summed E-state index contributed by atoms with van der Waals surface area (Å²) in [5.41, 5.74) is 2.03. The molecule has 1 aliphatic heterocycles. The van der Waals surface area contributed by atoms with Crippen molar-refractivity contribution in [3.63, 3.8) is 0 Å². The van der Waals surface area contributed by atoms with E-state index in [4.69, 9.17) is 4.74 Å². The second-order valence-electron chi connectivity index (χ2n) is 6.13. The number of nitrogens with zero attached hydrogens (tertiary/aromatic N) is 3. The van der Waals surface area contributed by atoms with Crippen molar-refractivity contribution in [1.82, 2.24) is 14.0 Å². The van der Waals surface area contributed by atoms with Gasteiger partial charge in [0.2, 0.25) is 5.91 Å². The first-order valence-corrected chi connectivity index (χ1v) is 8.96. The Labute approximate surface area is 145 Å². The van der Waals surface area contributed by atoms with Gasteiger partial charge < -0.3 is 18.8 Å². The molecule has 0 aromatic carbocycles. The van der Waals surface area contributed by atoms with Crippen molar-refractivity contribution in [1.29, 1.82) is 0 Å². The zero-order valence-electron chi connectivity index (χ0n) is 14.3. The first-order valence-electron chi connectivity index (χ1n) is 8.14. The van der Waals surface area contributed by atoms with Gasteiger partial charge in [0.25, 0.3) is 0 Å². The van der Waals surface area contributed by atoms with Gasteiger partial charge in [0.05, 0.1) is 19.3 Å². The summed E-state index contributed by atoms with van der Waals surface area (Å²) < 4.78 is 9.31. The molecule has 0 radical (unpaired) electrons. The minimum absolute atomic E-state index is 0.0127. The Balaban J connectivity index is 1.73. The van der Waals surface area contributed by atoms with Crippen LogP contribution in [0.3, 0.4) is 0 Å². The van der Waals surface area contributed by atoms with Crippen LogP contribution < -0.4 is 4.87 Å². The van der Waals surface area contributed by atoms with Gasteiger partial charge in [-0.25, -0.2) is 0 Å². The lowest BCUT2D eigenvalue weighted by Gasteiger charge is -2.36. The fourth-order valence-corrected chi connectivity index (χ4v) is 4.02. The third-order valence-electron chi connectivity index (χ3n) is 4.70. The van der Waals surface area contributed by atoms with Crippen LogP contribution in [0.4, 0.5) is 0 Å². The van der Waals surface area contributed by atoms with Crippen LogP contribution in [-0.4, -0.2) is 39.7 Å². The van der Waals surface area contributed by atoms with Crippen LogP contribution in [0.25, 0.3) is 0 Å². The Morgan fingerprint density at radius 3 is 2.83 bits per heavy atom. The summed E-state index contributed by atoms with van der Waals surface area (Å²) in [5, 5.41) is 0. The van der Waals surface area contributed by atoms with Gasteiger partial charge in [-0.05, 0) is 26.0 Å². The molecule has 1 aliphatic rings. The summed E-state index contributed by atoms with van der Waals surface area (Å²) in [7, 11) is 1.98. The van der Waals surface area contributed by atoms with Gasteiger partial charge in [0, 0.05) is 49.0 Å². The number of hydrogen-bond acceptors (Lipinski definition) is 4. The van der Waals surface area contributed by atoms with Crippen molar-refractivity contribution >= 4 is 17.2 Å². The molecule has 0 aliphatic carbocycles. The zero-order valence-corrected chi connectivity index (χ0v) is 15.1. The SMILES string of the molecule is Cc1sc(=O)n(CCC(=O)N2CCOC[C@@H]2c2cccn2C)c1C. The number of aryl methyl sites for hydroxylation is 2. The number of carbonyl (C=O) groups excluding carboxylic acids is 1. The minimum atomic E-state index is -0.0618. The van der Waals surface area contributed by atoms with E-state index in [0.717, 1.165) is 16.3 Å². The normalized spacial score (nSPS) is 18.1. The Morgan fingerprint density at radius 1 is 1.42 bits per heavy atom. The van der Waals surface area contributed by atoms with E-state index in [9.17, 15) is 9.59 Å². The molecule has 2 aromatic heterocycles. The molecule has 0 unspecified atom stereocenters. The molecule has 7 heteroatoms. The van der Waals surface area contributed by atoms with Crippen molar-refractivity contribution < 1.29 is 9.53 Å². The van der Waals surface area contributed by atoms with Crippen LogP contribution in [0, 0.1) is 13.8 Å². The molecule has 6 nitrogen and oxygen atoms in total. The molecule has 24 heavy (non-hydrogen) atoms. The average Bonchev–Trinajstić information content (AvgIpc) is 3.09. The highest BCUT2D eigenvalue weighted by Gasteiger charge is 2.29. The van der Waals surface area contributed by atoms with Crippen LogP contribution in [-0.2, 0) is 23.1 Å². The summed E-state index contributed by atoms with van der Waals surface area (Å²) in [6.07, 6.45) is 2.31. The summed E-state index contributed by atoms with van der Waals surface area (Å²) in [6, 6.07) is 3.94. The lowest BCUT2D eigenvalue weighted by atomic mass is 10.1. The van der Waals surface area contributed by atoms with Gasteiger partial charge in [-0.15, -0.1) is 0 Å². The highest BCUT2D eigenvalue weighted by atomic mass is 32.1. The van der Waals surface area contributed by atoms with Gasteiger partial charge in [0.15, 0.2) is 0 Å². The van der Waals surface area contributed by atoms with Crippen LogP contribution in [0.15, 0.2) is 23.1 Å². The molecule has 130 valence electrons. The summed E-state index contributed by atoms with van der Waals surface area (Å²) >= 11 is 1.24. The van der Waals surface area contributed by atoms with Crippen molar-refractivity contribution in [2.75, 3.05) is 19.8 Å². The molecule has 0 saturated carbocycles. The van der Waals surface area contributed by atoms with E-state index in [1.54, 1.807) is 4.57 Å². The molecular formula is C17H23N3O3S. The van der Waals surface area contributed by atoms with Crippen molar-refractivity contribution in [3.05, 3.63) is 44.3 Å². The van der Waals surface area contributed by atoms with Gasteiger partial charge in [-0.3, -0.25) is 9.59 Å². The molecule has 3 rings (SSSR count). The number of hydrogen-bond donors (Lipinski definition) is 0. The zero-order chi connectivity index (χ0) is 17.3. The maximum absolute atomic E-state index is 12.8. The summed E-state index contributed by atoms with van der Waals surface area (Å²) in [5.74, 6) is 0.0691. The number of thiazole rings is 1. The van der Waals surface area contributed by atoms with Gasteiger partial charge in [-0.2, -0.15) is 0 Å². The summed E-state index contributed by atoms with van der Waals surface area (Å²) in [4.78, 5) is 27.7. The smallest absolute Gasteiger partial charge is 0.307 e. The third kappa shape index (κ3) is 3.18. The Hall–Kier alpha value is -1.86. The van der Waals surface area contributed by atoms with Crippen LogP contribution in [0.2, 0.25) is 0 Å². The number of rotatable bonds is 4. The summed E-state index contributed by atoms with van der Waals surface area (Å²) in [6.45, 7) is 5.96. The number of ether oxygens (including phenoxy) is 1. The standard InChI is InChI=1S/C17H23N3O3S/c1-12-13(2)24-17(22)19(12)8-6-16(21)20-9-10-23-11-15(20)14-5-4-7-18(14)3/h4-5,7,15H,6,8-11H2,1-3H3/t15-/m1/s1. The number of aromatic nitrogens is 2. The van der Waals surface area contributed by atoms with Crippen molar-refractivity contribution in [3.8, 4) is 0 Å². The molecule has 1 atom stereocenters. The van der Waals surface area contributed by atoms with Gasteiger partial charge in [-0.1, -0.05) is 11.3 Å². The molecule has 3 heterocycles. The van der Waals surface area contributed by atoms with E-state index in [-0.39, 0.29) is 16.8 Å².